The maximum absolute atomic E-state index is 11.8. The number of nitrogens with two attached hydrogens (primary N) is 1. The Balaban J connectivity index is 1.81. The van der Waals surface area contributed by atoms with Gasteiger partial charge in [-0.1, -0.05) is 66.7 Å². The third kappa shape index (κ3) is 3.79. The van der Waals surface area contributed by atoms with Gasteiger partial charge in [0.2, 0.25) is 5.95 Å². The minimum atomic E-state index is -0.141. The van der Waals surface area contributed by atoms with Crippen molar-refractivity contribution in [2.75, 3.05) is 5.73 Å². The Morgan fingerprint density at radius 3 is 2.46 bits per heavy atom. The van der Waals surface area contributed by atoms with Gasteiger partial charge in [0.25, 0.3) is 5.56 Å². The van der Waals surface area contributed by atoms with E-state index in [0.29, 0.717) is 12.1 Å². The number of aromatic nitrogens is 2. The molecule has 0 atom stereocenters. The van der Waals surface area contributed by atoms with Gasteiger partial charge in [0.1, 0.15) is 0 Å². The zero-order valence-corrected chi connectivity index (χ0v) is 13.5. The minimum absolute atomic E-state index is 0.141. The van der Waals surface area contributed by atoms with Crippen LogP contribution in [0.25, 0.3) is 12.2 Å². The van der Waals surface area contributed by atoms with Crippen LogP contribution in [-0.4, -0.2) is 9.55 Å². The molecular formula is C20H19N3O. The van der Waals surface area contributed by atoms with E-state index < -0.39 is 0 Å². The van der Waals surface area contributed by atoms with Gasteiger partial charge in [-0.05, 0) is 16.7 Å². The molecule has 1 aromatic heterocycles. The zero-order valence-electron chi connectivity index (χ0n) is 13.5. The molecule has 4 nitrogen and oxygen atoms in total. The molecule has 0 bridgehead atoms. The third-order valence-corrected chi connectivity index (χ3v) is 3.83. The van der Waals surface area contributed by atoms with Crippen LogP contribution in [-0.2, 0) is 13.5 Å². The average molecular weight is 317 g/mol. The number of hydrogen-bond donors (Lipinski definition) is 1. The van der Waals surface area contributed by atoms with E-state index in [1.807, 2.05) is 30.3 Å². The van der Waals surface area contributed by atoms with E-state index in [0.717, 1.165) is 16.7 Å². The Labute approximate surface area is 140 Å². The second-order valence-corrected chi connectivity index (χ2v) is 5.67. The van der Waals surface area contributed by atoms with Crippen molar-refractivity contribution in [1.29, 1.82) is 0 Å². The van der Waals surface area contributed by atoms with Crippen molar-refractivity contribution in [3.63, 3.8) is 0 Å². The lowest BCUT2D eigenvalue weighted by atomic mass is 10.1. The van der Waals surface area contributed by atoms with Gasteiger partial charge in [-0.3, -0.25) is 9.36 Å². The molecule has 1 heterocycles. The van der Waals surface area contributed by atoms with E-state index in [4.69, 9.17) is 5.73 Å². The van der Waals surface area contributed by atoms with E-state index in [1.54, 1.807) is 7.05 Å². The Morgan fingerprint density at radius 2 is 1.71 bits per heavy atom. The summed E-state index contributed by atoms with van der Waals surface area (Å²) >= 11 is 0. The monoisotopic (exact) mass is 317 g/mol. The number of hydrogen-bond acceptors (Lipinski definition) is 3. The molecule has 0 amide bonds. The molecule has 0 aliphatic carbocycles. The first-order valence-corrected chi connectivity index (χ1v) is 7.76. The molecule has 3 aromatic rings. The van der Waals surface area contributed by atoms with Crippen molar-refractivity contribution in [1.82, 2.24) is 9.55 Å². The van der Waals surface area contributed by atoms with Gasteiger partial charge < -0.3 is 5.73 Å². The van der Waals surface area contributed by atoms with E-state index in [1.165, 1.54) is 10.6 Å². The van der Waals surface area contributed by atoms with Gasteiger partial charge >= 0.3 is 0 Å². The standard InChI is InChI=1S/C20H19N3O/c1-23-19(24)14-18(22-20(23)21)13-17-9-5-8-16(12-17)11-10-15-6-3-2-4-7-15/h2-12,14H,13H2,1H3,(H2,21,22)/b11-10+. The molecule has 2 aromatic carbocycles. The highest BCUT2D eigenvalue weighted by atomic mass is 16.1. The largest absolute Gasteiger partial charge is 0.369 e. The molecule has 120 valence electrons. The van der Waals surface area contributed by atoms with Crippen LogP contribution in [0.2, 0.25) is 0 Å². The molecule has 0 radical (unpaired) electrons. The predicted molar refractivity (Wildman–Crippen MR) is 98.5 cm³/mol. The van der Waals surface area contributed by atoms with Crippen LogP contribution in [0.15, 0.2) is 65.5 Å². The highest BCUT2D eigenvalue weighted by molar-refractivity contribution is 5.69. The minimum Gasteiger partial charge on any atom is -0.369 e. The van der Waals surface area contributed by atoms with E-state index in [-0.39, 0.29) is 11.5 Å². The number of nitrogens with zero attached hydrogens (tertiary/aromatic N) is 2. The quantitative estimate of drug-likeness (QED) is 0.752. The molecule has 0 saturated heterocycles. The summed E-state index contributed by atoms with van der Waals surface area (Å²) in [6, 6.07) is 19.9. The van der Waals surface area contributed by atoms with Crippen LogP contribution < -0.4 is 11.3 Å². The van der Waals surface area contributed by atoms with Crippen LogP contribution in [0.4, 0.5) is 5.95 Å². The maximum Gasteiger partial charge on any atom is 0.254 e. The highest BCUT2D eigenvalue weighted by Crippen LogP contribution is 2.13. The second kappa shape index (κ2) is 6.96. The van der Waals surface area contributed by atoms with Crippen LogP contribution in [0.5, 0.6) is 0 Å². The second-order valence-electron chi connectivity index (χ2n) is 5.67. The number of rotatable bonds is 4. The van der Waals surface area contributed by atoms with Crippen molar-refractivity contribution in [2.24, 2.45) is 7.05 Å². The molecule has 0 aliphatic heterocycles. The summed E-state index contributed by atoms with van der Waals surface area (Å²) in [5.41, 5.74) is 9.65. The van der Waals surface area contributed by atoms with E-state index in [2.05, 4.69) is 41.4 Å². The van der Waals surface area contributed by atoms with Gasteiger partial charge in [0.05, 0.1) is 5.69 Å². The number of benzene rings is 2. The molecule has 0 fully saturated rings. The first kappa shape index (κ1) is 15.7. The van der Waals surface area contributed by atoms with Crippen LogP contribution in [0.1, 0.15) is 22.4 Å². The third-order valence-electron chi connectivity index (χ3n) is 3.83. The molecule has 24 heavy (non-hydrogen) atoms. The lowest BCUT2D eigenvalue weighted by Gasteiger charge is -2.06. The summed E-state index contributed by atoms with van der Waals surface area (Å²) < 4.78 is 1.34. The van der Waals surface area contributed by atoms with Gasteiger partial charge in [-0.25, -0.2) is 4.98 Å². The lowest BCUT2D eigenvalue weighted by molar-refractivity contribution is 0.825. The van der Waals surface area contributed by atoms with E-state index in [9.17, 15) is 4.79 Å². The SMILES string of the molecule is Cn1c(N)nc(Cc2cccc(/C=C/c3ccccc3)c2)cc1=O. The fraction of sp³-hybridized carbons (Fsp3) is 0.100. The van der Waals surface area contributed by atoms with Crippen molar-refractivity contribution >= 4 is 18.1 Å². The Kier molecular flexibility index (Phi) is 4.57. The first-order valence-electron chi connectivity index (χ1n) is 7.76. The number of nitrogen functional groups attached to an aromatic ring is 1. The van der Waals surface area contributed by atoms with Crippen molar-refractivity contribution in [3.8, 4) is 0 Å². The summed E-state index contributed by atoms with van der Waals surface area (Å²) in [4.78, 5) is 16.1. The molecule has 0 saturated carbocycles. The summed E-state index contributed by atoms with van der Waals surface area (Å²) in [5, 5.41) is 0. The fourth-order valence-electron chi connectivity index (χ4n) is 2.47. The first-order chi connectivity index (χ1) is 11.6. The molecule has 0 spiro atoms. The molecule has 0 unspecified atom stereocenters. The molecule has 3 rings (SSSR count). The molecular weight excluding hydrogens is 298 g/mol. The summed E-state index contributed by atoms with van der Waals surface area (Å²) in [6.07, 6.45) is 4.73. The van der Waals surface area contributed by atoms with Gasteiger partial charge in [0.15, 0.2) is 0 Å². The molecule has 0 aliphatic rings. The normalized spacial score (nSPS) is 11.0. The maximum atomic E-state index is 11.8. The smallest absolute Gasteiger partial charge is 0.254 e. The Hall–Kier alpha value is -3.14. The van der Waals surface area contributed by atoms with Crippen molar-refractivity contribution < 1.29 is 0 Å². The zero-order chi connectivity index (χ0) is 16.9. The average Bonchev–Trinajstić information content (AvgIpc) is 2.59. The predicted octanol–water partition coefficient (Wildman–Crippen LogP) is 3.12. The summed E-state index contributed by atoms with van der Waals surface area (Å²) in [7, 11) is 1.61. The molecule has 2 N–H and O–H groups in total. The molecule has 4 heteroatoms. The lowest BCUT2D eigenvalue weighted by Crippen LogP contribution is -2.21. The van der Waals surface area contributed by atoms with Crippen LogP contribution in [0, 0.1) is 0 Å². The van der Waals surface area contributed by atoms with Crippen LogP contribution in [0.3, 0.4) is 0 Å². The summed E-state index contributed by atoms with van der Waals surface area (Å²) in [6.45, 7) is 0. The highest BCUT2D eigenvalue weighted by Gasteiger charge is 2.04. The van der Waals surface area contributed by atoms with Crippen LogP contribution >= 0.6 is 0 Å². The van der Waals surface area contributed by atoms with Gasteiger partial charge in [0, 0.05) is 19.5 Å². The van der Waals surface area contributed by atoms with Gasteiger partial charge in [-0.15, -0.1) is 0 Å². The van der Waals surface area contributed by atoms with E-state index >= 15 is 0 Å². The Bertz CT molecular complexity index is 927. The van der Waals surface area contributed by atoms with Crippen molar-refractivity contribution in [2.45, 2.75) is 6.42 Å². The topological polar surface area (TPSA) is 60.9 Å². The summed E-state index contributed by atoms with van der Waals surface area (Å²) in [5.74, 6) is 0.234. The fourth-order valence-corrected chi connectivity index (χ4v) is 2.47. The Morgan fingerprint density at radius 1 is 1.00 bits per heavy atom. The van der Waals surface area contributed by atoms with Crippen molar-refractivity contribution in [3.05, 3.63) is 93.4 Å². The number of anilines is 1. The van der Waals surface area contributed by atoms with Gasteiger partial charge in [-0.2, -0.15) is 0 Å².